The molecule has 90 valence electrons. The molecule has 0 fully saturated rings. The highest BCUT2D eigenvalue weighted by Gasteiger charge is 2.10. The second kappa shape index (κ2) is 6.05. The van der Waals surface area contributed by atoms with E-state index in [4.69, 9.17) is 5.73 Å². The fourth-order valence-electron chi connectivity index (χ4n) is 1.89. The van der Waals surface area contributed by atoms with E-state index in [1.165, 1.54) is 24.8 Å². The highest BCUT2D eigenvalue weighted by atomic mass is 14.6. The smallest absolute Gasteiger partial charge is 0.0294 e. The molecule has 0 aliphatic carbocycles. The van der Waals surface area contributed by atoms with Crippen molar-refractivity contribution < 1.29 is 0 Å². The molecule has 0 spiro atoms. The number of benzene rings is 1. The lowest BCUT2D eigenvalue weighted by molar-refractivity contribution is 0.355. The first-order valence-electron chi connectivity index (χ1n) is 6.29. The Morgan fingerprint density at radius 3 is 2.25 bits per heavy atom. The van der Waals surface area contributed by atoms with Crippen LogP contribution in [0.4, 0.5) is 0 Å². The van der Waals surface area contributed by atoms with Gasteiger partial charge >= 0.3 is 0 Å². The lowest BCUT2D eigenvalue weighted by atomic mass is 9.89. The third-order valence-corrected chi connectivity index (χ3v) is 2.92. The summed E-state index contributed by atoms with van der Waals surface area (Å²) < 4.78 is 0. The highest BCUT2D eigenvalue weighted by Crippen LogP contribution is 2.24. The van der Waals surface area contributed by atoms with Crippen molar-refractivity contribution in [1.82, 2.24) is 0 Å². The van der Waals surface area contributed by atoms with E-state index in [9.17, 15) is 0 Å². The van der Waals surface area contributed by atoms with Crippen LogP contribution in [0.2, 0.25) is 0 Å². The van der Waals surface area contributed by atoms with Crippen LogP contribution >= 0.6 is 0 Å². The van der Waals surface area contributed by atoms with E-state index in [1.54, 1.807) is 0 Å². The molecule has 16 heavy (non-hydrogen) atoms. The number of rotatable bonds is 5. The second-order valence-electron chi connectivity index (χ2n) is 5.82. The molecule has 1 aromatic carbocycles. The summed E-state index contributed by atoms with van der Waals surface area (Å²) >= 11 is 0. The molecule has 0 bridgehead atoms. The molecule has 1 aromatic rings. The molecule has 1 heteroatoms. The molecular formula is C15H25N. The summed E-state index contributed by atoms with van der Waals surface area (Å²) in [4.78, 5) is 0. The zero-order valence-corrected chi connectivity index (χ0v) is 10.9. The molecule has 0 amide bonds. The third kappa shape index (κ3) is 5.32. The minimum Gasteiger partial charge on any atom is -0.324 e. The van der Waals surface area contributed by atoms with Gasteiger partial charge in [0.1, 0.15) is 0 Å². The molecule has 0 radical (unpaired) electrons. The molecule has 0 saturated carbocycles. The van der Waals surface area contributed by atoms with Gasteiger partial charge in [0.15, 0.2) is 0 Å². The van der Waals surface area contributed by atoms with Gasteiger partial charge in [-0.2, -0.15) is 0 Å². The van der Waals surface area contributed by atoms with Gasteiger partial charge in [-0.05, 0) is 23.8 Å². The van der Waals surface area contributed by atoms with Crippen molar-refractivity contribution in [2.75, 3.05) is 0 Å². The predicted molar refractivity (Wildman–Crippen MR) is 71.3 cm³/mol. The Balaban J connectivity index is 2.24. The van der Waals surface area contributed by atoms with Crippen molar-refractivity contribution in [3.63, 3.8) is 0 Å². The number of nitrogens with two attached hydrogens (primary N) is 1. The van der Waals surface area contributed by atoms with Crippen LogP contribution in [0.25, 0.3) is 0 Å². The average molecular weight is 219 g/mol. The standard InChI is InChI=1S/C15H25N/c1-15(2,3)12-8-7-11-14(16)13-9-5-4-6-10-13/h4-6,9-10,14H,7-8,11-12,16H2,1-3H3. The van der Waals surface area contributed by atoms with E-state index in [2.05, 4.69) is 45.0 Å². The fraction of sp³-hybridized carbons (Fsp3) is 0.600. The molecule has 0 aliphatic heterocycles. The van der Waals surface area contributed by atoms with E-state index >= 15 is 0 Å². The summed E-state index contributed by atoms with van der Waals surface area (Å²) in [5.41, 5.74) is 7.86. The van der Waals surface area contributed by atoms with Crippen LogP contribution < -0.4 is 5.73 Å². The van der Waals surface area contributed by atoms with Crippen molar-refractivity contribution in [1.29, 1.82) is 0 Å². The maximum atomic E-state index is 6.14. The molecule has 0 heterocycles. The van der Waals surface area contributed by atoms with Gasteiger partial charge in [0.05, 0.1) is 0 Å². The van der Waals surface area contributed by atoms with Crippen LogP contribution in [0, 0.1) is 5.41 Å². The minimum atomic E-state index is 0.209. The van der Waals surface area contributed by atoms with Gasteiger partial charge in [0.25, 0.3) is 0 Å². The van der Waals surface area contributed by atoms with Crippen molar-refractivity contribution in [2.45, 2.75) is 52.5 Å². The van der Waals surface area contributed by atoms with Crippen LogP contribution in [0.5, 0.6) is 0 Å². The van der Waals surface area contributed by atoms with Gasteiger partial charge in [0.2, 0.25) is 0 Å². The van der Waals surface area contributed by atoms with Gasteiger partial charge in [-0.15, -0.1) is 0 Å². The molecule has 0 aliphatic rings. The summed E-state index contributed by atoms with van der Waals surface area (Å²) in [6.07, 6.45) is 4.89. The summed E-state index contributed by atoms with van der Waals surface area (Å²) in [7, 11) is 0. The zero-order valence-electron chi connectivity index (χ0n) is 10.9. The molecule has 2 N–H and O–H groups in total. The minimum absolute atomic E-state index is 0.209. The molecule has 1 atom stereocenters. The predicted octanol–water partition coefficient (Wildman–Crippen LogP) is 4.29. The number of hydrogen-bond acceptors (Lipinski definition) is 1. The van der Waals surface area contributed by atoms with E-state index < -0.39 is 0 Å². The first kappa shape index (κ1) is 13.2. The SMILES string of the molecule is CC(C)(C)CCCCC(N)c1ccccc1. The van der Waals surface area contributed by atoms with Crippen molar-refractivity contribution in [3.05, 3.63) is 35.9 Å². The quantitative estimate of drug-likeness (QED) is 0.734. The Kier molecular flexibility index (Phi) is 5.01. The summed E-state index contributed by atoms with van der Waals surface area (Å²) in [5.74, 6) is 0. The van der Waals surface area contributed by atoms with Crippen LogP contribution in [0.15, 0.2) is 30.3 Å². The monoisotopic (exact) mass is 219 g/mol. The van der Waals surface area contributed by atoms with Crippen LogP contribution in [0.1, 0.15) is 58.1 Å². The Hall–Kier alpha value is -0.820. The Bertz CT molecular complexity index is 284. The van der Waals surface area contributed by atoms with Crippen molar-refractivity contribution in [2.24, 2.45) is 11.1 Å². The maximum Gasteiger partial charge on any atom is 0.0294 e. The van der Waals surface area contributed by atoms with E-state index in [0.717, 1.165) is 6.42 Å². The Labute approximate surface area is 100 Å². The number of unbranched alkanes of at least 4 members (excludes halogenated alkanes) is 1. The zero-order chi connectivity index (χ0) is 12.0. The average Bonchev–Trinajstić information content (AvgIpc) is 2.24. The lowest BCUT2D eigenvalue weighted by Gasteiger charge is -2.18. The van der Waals surface area contributed by atoms with Gasteiger partial charge in [0, 0.05) is 6.04 Å². The third-order valence-electron chi connectivity index (χ3n) is 2.92. The molecular weight excluding hydrogens is 194 g/mol. The topological polar surface area (TPSA) is 26.0 Å². The van der Waals surface area contributed by atoms with Crippen molar-refractivity contribution in [3.8, 4) is 0 Å². The summed E-state index contributed by atoms with van der Waals surface area (Å²) in [5, 5.41) is 0. The Morgan fingerprint density at radius 2 is 1.69 bits per heavy atom. The van der Waals surface area contributed by atoms with Crippen LogP contribution in [-0.4, -0.2) is 0 Å². The molecule has 0 aromatic heterocycles. The molecule has 1 nitrogen and oxygen atoms in total. The normalized spacial score (nSPS) is 13.8. The van der Waals surface area contributed by atoms with Gasteiger partial charge in [-0.25, -0.2) is 0 Å². The van der Waals surface area contributed by atoms with Gasteiger partial charge in [-0.1, -0.05) is 63.9 Å². The maximum absolute atomic E-state index is 6.14. The highest BCUT2D eigenvalue weighted by molar-refractivity contribution is 5.18. The van der Waals surface area contributed by atoms with E-state index in [0.29, 0.717) is 5.41 Å². The second-order valence-corrected chi connectivity index (χ2v) is 5.82. The molecule has 1 unspecified atom stereocenters. The van der Waals surface area contributed by atoms with Gasteiger partial charge in [-0.3, -0.25) is 0 Å². The molecule has 1 rings (SSSR count). The fourth-order valence-corrected chi connectivity index (χ4v) is 1.89. The summed E-state index contributed by atoms with van der Waals surface area (Å²) in [6.45, 7) is 6.89. The summed E-state index contributed by atoms with van der Waals surface area (Å²) in [6, 6.07) is 10.6. The largest absolute Gasteiger partial charge is 0.324 e. The number of hydrogen-bond donors (Lipinski definition) is 1. The van der Waals surface area contributed by atoms with Gasteiger partial charge < -0.3 is 5.73 Å². The van der Waals surface area contributed by atoms with E-state index in [1.807, 2.05) is 6.07 Å². The van der Waals surface area contributed by atoms with Crippen LogP contribution in [-0.2, 0) is 0 Å². The molecule has 0 saturated heterocycles. The first-order chi connectivity index (χ1) is 7.49. The van der Waals surface area contributed by atoms with Crippen molar-refractivity contribution >= 4 is 0 Å². The first-order valence-corrected chi connectivity index (χ1v) is 6.29. The van der Waals surface area contributed by atoms with Crippen LogP contribution in [0.3, 0.4) is 0 Å². The Morgan fingerprint density at radius 1 is 1.06 bits per heavy atom. The lowest BCUT2D eigenvalue weighted by Crippen LogP contribution is -2.10. The van der Waals surface area contributed by atoms with E-state index in [-0.39, 0.29) is 6.04 Å².